The normalized spacial score (nSPS) is 12.6. The van der Waals surface area contributed by atoms with Gasteiger partial charge >= 0.3 is 12.4 Å². The van der Waals surface area contributed by atoms with Crippen molar-refractivity contribution in [2.75, 3.05) is 11.9 Å². The van der Waals surface area contributed by atoms with E-state index in [9.17, 15) is 39.6 Å². The summed E-state index contributed by atoms with van der Waals surface area (Å²) in [5, 5.41) is 1.97. The Morgan fingerprint density at radius 1 is 0.865 bits per heavy atom. The minimum Gasteiger partial charge on any atom is -0.325 e. The zero-order chi connectivity index (χ0) is 27.6. The number of carbonyl (C=O) groups excluding carboxylic acids is 1. The van der Waals surface area contributed by atoms with Crippen LogP contribution in [0.5, 0.6) is 0 Å². The van der Waals surface area contributed by atoms with Gasteiger partial charge in [-0.05, 0) is 55.0 Å². The summed E-state index contributed by atoms with van der Waals surface area (Å²) in [7, 11) is -4.28. The molecule has 0 fully saturated rings. The van der Waals surface area contributed by atoms with Crippen LogP contribution >= 0.6 is 15.9 Å². The number of aryl methyl sites for hydroxylation is 1. The number of sulfonamides is 1. The summed E-state index contributed by atoms with van der Waals surface area (Å²) in [5.74, 6) is -1.12. The van der Waals surface area contributed by atoms with E-state index in [0.717, 1.165) is 9.87 Å². The van der Waals surface area contributed by atoms with E-state index in [1.165, 1.54) is 24.3 Å². The molecule has 3 aromatic carbocycles. The quantitative estimate of drug-likeness (QED) is 0.306. The third kappa shape index (κ3) is 7.55. The van der Waals surface area contributed by atoms with Crippen molar-refractivity contribution in [3.8, 4) is 0 Å². The zero-order valence-corrected chi connectivity index (χ0v) is 21.4. The molecule has 0 aliphatic heterocycles. The molecule has 0 saturated carbocycles. The maximum atomic E-state index is 13.3. The van der Waals surface area contributed by atoms with Crippen molar-refractivity contribution in [2.45, 2.75) is 30.7 Å². The number of hydrogen-bond donors (Lipinski definition) is 1. The van der Waals surface area contributed by atoms with Crippen molar-refractivity contribution in [1.82, 2.24) is 4.31 Å². The van der Waals surface area contributed by atoms with Gasteiger partial charge in [0.15, 0.2) is 0 Å². The Morgan fingerprint density at radius 2 is 1.38 bits per heavy atom. The summed E-state index contributed by atoms with van der Waals surface area (Å²) in [6, 6.07) is 12.9. The Morgan fingerprint density at radius 3 is 1.86 bits per heavy atom. The van der Waals surface area contributed by atoms with Crippen molar-refractivity contribution < 1.29 is 39.6 Å². The third-order valence-corrected chi connectivity index (χ3v) is 7.46. The largest absolute Gasteiger partial charge is 0.416 e. The molecule has 3 aromatic rings. The fourth-order valence-corrected chi connectivity index (χ4v) is 4.92. The molecule has 0 atom stereocenters. The number of halogens is 7. The molecule has 0 bridgehead atoms. The van der Waals surface area contributed by atoms with Gasteiger partial charge < -0.3 is 5.32 Å². The van der Waals surface area contributed by atoms with Crippen LogP contribution < -0.4 is 5.32 Å². The maximum absolute atomic E-state index is 13.3. The number of carbonyl (C=O) groups is 1. The van der Waals surface area contributed by atoms with Crippen LogP contribution in [0.25, 0.3) is 0 Å². The predicted octanol–water partition coefficient (Wildman–Crippen LogP) is 6.62. The fourth-order valence-electron chi connectivity index (χ4n) is 3.27. The topological polar surface area (TPSA) is 66.5 Å². The van der Waals surface area contributed by atoms with Gasteiger partial charge in [-0.2, -0.15) is 30.6 Å². The number of benzene rings is 3. The molecule has 3 rings (SSSR count). The number of alkyl halides is 6. The van der Waals surface area contributed by atoms with Crippen LogP contribution in [0.1, 0.15) is 22.3 Å². The smallest absolute Gasteiger partial charge is 0.325 e. The molecule has 5 nitrogen and oxygen atoms in total. The summed E-state index contributed by atoms with van der Waals surface area (Å²) >= 11 is 3.19. The summed E-state index contributed by atoms with van der Waals surface area (Å²) in [6.45, 7) is 0.671. The highest BCUT2D eigenvalue weighted by molar-refractivity contribution is 9.10. The van der Waals surface area contributed by atoms with E-state index in [1.54, 1.807) is 24.3 Å². The number of nitrogens with one attached hydrogen (secondary N) is 1. The highest BCUT2D eigenvalue weighted by atomic mass is 79.9. The van der Waals surface area contributed by atoms with Crippen LogP contribution in [0, 0.1) is 6.92 Å². The molecule has 37 heavy (non-hydrogen) atoms. The first-order valence-corrected chi connectivity index (χ1v) is 12.7. The van der Waals surface area contributed by atoms with E-state index in [4.69, 9.17) is 0 Å². The van der Waals surface area contributed by atoms with Gasteiger partial charge in [-0.15, -0.1) is 0 Å². The van der Waals surface area contributed by atoms with Gasteiger partial charge in [-0.3, -0.25) is 4.79 Å². The van der Waals surface area contributed by atoms with Gasteiger partial charge in [0.1, 0.15) is 0 Å². The molecule has 198 valence electrons. The standard InChI is InChI=1S/C24H19BrF6N2O3S/c1-15-2-4-16(5-3-15)13-33(37(35,36)21-8-6-19(25)7-9-21)14-22(34)32-20-11-17(23(26,27)28)10-18(12-20)24(29,30)31/h2-12H,13-14H2,1H3,(H,32,34). The molecule has 1 N–H and O–H groups in total. The molecular formula is C24H19BrF6N2O3S. The van der Waals surface area contributed by atoms with Gasteiger partial charge in [0.25, 0.3) is 0 Å². The van der Waals surface area contributed by atoms with Crippen molar-refractivity contribution in [3.05, 3.63) is 93.5 Å². The second-order valence-electron chi connectivity index (χ2n) is 8.06. The lowest BCUT2D eigenvalue weighted by Gasteiger charge is -2.22. The summed E-state index contributed by atoms with van der Waals surface area (Å²) in [4.78, 5) is 12.6. The highest BCUT2D eigenvalue weighted by Crippen LogP contribution is 2.37. The van der Waals surface area contributed by atoms with E-state index in [-0.39, 0.29) is 17.5 Å². The molecule has 1 amide bonds. The minimum absolute atomic E-state index is 0.0721. The minimum atomic E-state index is -5.11. The zero-order valence-electron chi connectivity index (χ0n) is 19.0. The lowest BCUT2D eigenvalue weighted by atomic mass is 10.1. The Bertz CT molecular complexity index is 1340. The molecule has 0 aliphatic carbocycles. The second kappa shape index (κ2) is 10.8. The second-order valence-corrected chi connectivity index (χ2v) is 10.9. The third-order valence-electron chi connectivity index (χ3n) is 5.12. The van der Waals surface area contributed by atoms with E-state index < -0.39 is 51.6 Å². The molecule has 0 aromatic heterocycles. The van der Waals surface area contributed by atoms with Crippen LogP contribution in [0.2, 0.25) is 0 Å². The molecular weight excluding hydrogens is 590 g/mol. The van der Waals surface area contributed by atoms with Crippen molar-refractivity contribution in [3.63, 3.8) is 0 Å². The Kier molecular flexibility index (Phi) is 8.40. The molecule has 0 spiro atoms. The highest BCUT2D eigenvalue weighted by Gasteiger charge is 2.37. The summed E-state index contributed by atoms with van der Waals surface area (Å²) < 4.78 is 107. The average Bonchev–Trinajstić information content (AvgIpc) is 2.79. The van der Waals surface area contributed by atoms with Gasteiger partial charge in [0.2, 0.25) is 15.9 Å². The Hall–Kier alpha value is -2.90. The number of amides is 1. The molecule has 13 heteroatoms. The van der Waals surface area contributed by atoms with Crippen molar-refractivity contribution >= 4 is 37.5 Å². The predicted molar refractivity (Wildman–Crippen MR) is 128 cm³/mol. The van der Waals surface area contributed by atoms with Crippen LogP contribution in [0.15, 0.2) is 76.1 Å². The number of hydrogen-bond acceptors (Lipinski definition) is 3. The van der Waals surface area contributed by atoms with Gasteiger partial charge in [0, 0.05) is 16.7 Å². The van der Waals surface area contributed by atoms with E-state index in [0.29, 0.717) is 22.2 Å². The molecule has 0 unspecified atom stereocenters. The number of nitrogens with zero attached hydrogens (tertiary/aromatic N) is 1. The van der Waals surface area contributed by atoms with Crippen molar-refractivity contribution in [2.24, 2.45) is 0 Å². The Labute approximate surface area is 217 Å². The average molecular weight is 609 g/mol. The molecule has 0 heterocycles. The van der Waals surface area contributed by atoms with E-state index in [2.05, 4.69) is 15.9 Å². The van der Waals surface area contributed by atoms with Crippen LogP contribution in [-0.2, 0) is 33.7 Å². The van der Waals surface area contributed by atoms with Crippen LogP contribution in [0.4, 0.5) is 32.0 Å². The monoisotopic (exact) mass is 608 g/mol. The van der Waals surface area contributed by atoms with Crippen LogP contribution in [-0.4, -0.2) is 25.2 Å². The first-order valence-electron chi connectivity index (χ1n) is 10.5. The van der Waals surface area contributed by atoms with E-state index >= 15 is 0 Å². The van der Waals surface area contributed by atoms with Gasteiger partial charge in [0.05, 0.1) is 22.6 Å². The fraction of sp³-hybridized carbons (Fsp3) is 0.208. The number of rotatable bonds is 7. The first kappa shape index (κ1) is 28.7. The van der Waals surface area contributed by atoms with E-state index in [1.807, 2.05) is 12.2 Å². The lowest BCUT2D eigenvalue weighted by molar-refractivity contribution is -0.143. The summed E-state index contributed by atoms with van der Waals surface area (Å²) in [5.41, 5.74) is -2.59. The Balaban J connectivity index is 1.94. The van der Waals surface area contributed by atoms with Gasteiger partial charge in [-0.25, -0.2) is 8.42 Å². The van der Waals surface area contributed by atoms with Gasteiger partial charge in [-0.1, -0.05) is 45.8 Å². The maximum Gasteiger partial charge on any atom is 0.416 e. The SMILES string of the molecule is Cc1ccc(CN(CC(=O)Nc2cc(C(F)(F)F)cc(C(F)(F)F)c2)S(=O)(=O)c2ccc(Br)cc2)cc1. The van der Waals surface area contributed by atoms with Crippen LogP contribution in [0.3, 0.4) is 0 Å². The molecule has 0 saturated heterocycles. The lowest BCUT2D eigenvalue weighted by Crippen LogP contribution is -2.37. The molecule has 0 radical (unpaired) electrons. The number of anilines is 1. The summed E-state index contributed by atoms with van der Waals surface area (Å²) in [6.07, 6.45) is -10.2. The van der Waals surface area contributed by atoms with Crippen molar-refractivity contribution in [1.29, 1.82) is 0 Å². The first-order chi connectivity index (χ1) is 17.1. The molecule has 0 aliphatic rings.